The topological polar surface area (TPSA) is 72.2 Å². The van der Waals surface area contributed by atoms with Crippen LogP contribution < -0.4 is 4.72 Å². The van der Waals surface area contributed by atoms with Crippen molar-refractivity contribution in [1.82, 2.24) is 9.88 Å². The van der Waals surface area contributed by atoms with Crippen molar-refractivity contribution >= 4 is 10.0 Å². The van der Waals surface area contributed by atoms with Crippen molar-refractivity contribution in [2.75, 3.05) is 6.54 Å². The van der Waals surface area contributed by atoms with Gasteiger partial charge in [-0.25, -0.2) is 17.5 Å². The minimum Gasteiger partial charge on any atom is -0.364 e. The second kappa shape index (κ2) is 5.50. The number of hydrogen-bond donors (Lipinski definition) is 1. The fraction of sp³-hybridized carbons (Fsp3) is 0.250. The summed E-state index contributed by atoms with van der Waals surface area (Å²) in [7, 11) is -3.71. The zero-order valence-corrected chi connectivity index (χ0v) is 11.1. The van der Waals surface area contributed by atoms with E-state index in [0.29, 0.717) is 6.42 Å². The van der Waals surface area contributed by atoms with E-state index in [2.05, 4.69) is 14.4 Å². The van der Waals surface area contributed by atoms with Gasteiger partial charge in [0, 0.05) is 17.7 Å². The Morgan fingerprint density at radius 3 is 2.89 bits per heavy atom. The summed E-state index contributed by atoms with van der Waals surface area (Å²) in [4.78, 5) is -0.0437. The van der Waals surface area contributed by atoms with Crippen LogP contribution in [-0.2, 0) is 16.4 Å². The summed E-state index contributed by atoms with van der Waals surface area (Å²) in [5.74, 6) is -0.540. The lowest BCUT2D eigenvalue weighted by molar-refractivity contribution is 0.419. The molecule has 0 atom stereocenters. The van der Waals surface area contributed by atoms with Crippen molar-refractivity contribution in [2.24, 2.45) is 0 Å². The van der Waals surface area contributed by atoms with Crippen LogP contribution in [0.15, 0.2) is 40.1 Å². The molecule has 19 heavy (non-hydrogen) atoms. The molecule has 102 valence electrons. The Morgan fingerprint density at radius 1 is 1.42 bits per heavy atom. The molecule has 0 spiro atoms. The second-order valence-corrected chi connectivity index (χ2v) is 5.78. The smallest absolute Gasteiger partial charge is 0.240 e. The Balaban J connectivity index is 2.08. The highest BCUT2D eigenvalue weighted by Gasteiger charge is 2.18. The van der Waals surface area contributed by atoms with Gasteiger partial charge in [-0.2, -0.15) is 0 Å². The van der Waals surface area contributed by atoms with Crippen LogP contribution in [0.1, 0.15) is 11.1 Å². The molecule has 1 heterocycles. The maximum Gasteiger partial charge on any atom is 0.240 e. The summed E-state index contributed by atoms with van der Waals surface area (Å²) in [6.07, 6.45) is 3.42. The molecule has 1 aromatic heterocycles. The van der Waals surface area contributed by atoms with Crippen molar-refractivity contribution in [3.8, 4) is 0 Å². The molecule has 0 radical (unpaired) electrons. The van der Waals surface area contributed by atoms with Crippen LogP contribution in [0.2, 0.25) is 0 Å². The van der Waals surface area contributed by atoms with Crippen LogP contribution >= 0.6 is 0 Å². The van der Waals surface area contributed by atoms with Crippen LogP contribution in [0, 0.1) is 12.7 Å². The summed E-state index contributed by atoms with van der Waals surface area (Å²) in [5, 5.41) is 3.52. The first-order chi connectivity index (χ1) is 9.00. The van der Waals surface area contributed by atoms with E-state index < -0.39 is 15.8 Å². The molecule has 2 aromatic rings. The van der Waals surface area contributed by atoms with Crippen molar-refractivity contribution in [2.45, 2.75) is 18.2 Å². The lowest BCUT2D eigenvalue weighted by atomic mass is 10.2. The number of sulfonamides is 1. The molecule has 0 bridgehead atoms. The van der Waals surface area contributed by atoms with Gasteiger partial charge in [0.15, 0.2) is 0 Å². The average molecular weight is 284 g/mol. The van der Waals surface area contributed by atoms with Gasteiger partial charge in [0.1, 0.15) is 12.1 Å². The number of benzene rings is 1. The first-order valence-corrected chi connectivity index (χ1v) is 7.12. The first-order valence-electron chi connectivity index (χ1n) is 5.64. The zero-order valence-electron chi connectivity index (χ0n) is 10.3. The summed E-state index contributed by atoms with van der Waals surface area (Å²) >= 11 is 0. The highest BCUT2D eigenvalue weighted by atomic mass is 32.2. The summed E-state index contributed by atoms with van der Waals surface area (Å²) < 4.78 is 44.4. The van der Waals surface area contributed by atoms with Gasteiger partial charge in [-0.3, -0.25) is 0 Å². The van der Waals surface area contributed by atoms with Crippen molar-refractivity contribution in [1.29, 1.82) is 0 Å². The van der Waals surface area contributed by atoms with Gasteiger partial charge >= 0.3 is 0 Å². The average Bonchev–Trinajstić information content (AvgIpc) is 2.85. The molecule has 0 saturated heterocycles. The van der Waals surface area contributed by atoms with Crippen LogP contribution in [0.4, 0.5) is 4.39 Å². The van der Waals surface area contributed by atoms with E-state index in [1.54, 1.807) is 0 Å². The normalized spacial score (nSPS) is 11.7. The monoisotopic (exact) mass is 284 g/mol. The summed E-state index contributed by atoms with van der Waals surface area (Å²) in [6.45, 7) is 1.63. The molecule has 0 aliphatic heterocycles. The van der Waals surface area contributed by atoms with E-state index in [1.165, 1.54) is 37.6 Å². The lowest BCUT2D eigenvalue weighted by Gasteiger charge is -2.09. The Morgan fingerprint density at radius 2 is 2.21 bits per heavy atom. The van der Waals surface area contributed by atoms with Crippen LogP contribution in [0.3, 0.4) is 0 Å². The number of nitrogens with one attached hydrogen (secondary N) is 1. The number of nitrogens with zero attached hydrogens (tertiary/aromatic N) is 1. The number of aromatic nitrogens is 1. The molecule has 0 aliphatic carbocycles. The standard InChI is InChI=1S/C12H13FN2O3S/c1-9-11(13)3-2-4-12(9)19(16,17)15-6-5-10-7-14-18-8-10/h2-4,7-8,15H,5-6H2,1H3. The highest BCUT2D eigenvalue weighted by molar-refractivity contribution is 7.89. The maximum atomic E-state index is 13.3. The molecule has 5 nitrogen and oxygen atoms in total. The second-order valence-electron chi connectivity index (χ2n) is 4.04. The zero-order chi connectivity index (χ0) is 13.9. The van der Waals surface area contributed by atoms with Crippen molar-refractivity contribution < 1.29 is 17.3 Å². The van der Waals surface area contributed by atoms with Crippen molar-refractivity contribution in [3.63, 3.8) is 0 Å². The van der Waals surface area contributed by atoms with Gasteiger partial charge in [0.2, 0.25) is 10.0 Å². The SMILES string of the molecule is Cc1c(F)cccc1S(=O)(=O)NCCc1cnoc1. The van der Waals surface area contributed by atoms with Crippen LogP contribution in [0.25, 0.3) is 0 Å². The highest BCUT2D eigenvalue weighted by Crippen LogP contribution is 2.17. The summed E-state index contributed by atoms with van der Waals surface area (Å²) in [5.41, 5.74) is 0.902. The first kappa shape index (κ1) is 13.7. The molecule has 7 heteroatoms. The third-order valence-electron chi connectivity index (χ3n) is 2.70. The molecule has 0 fully saturated rings. The third-order valence-corrected chi connectivity index (χ3v) is 4.30. The van der Waals surface area contributed by atoms with E-state index in [9.17, 15) is 12.8 Å². The molecule has 1 N–H and O–H groups in total. The molecule has 0 aliphatic rings. The van der Waals surface area contributed by atoms with E-state index >= 15 is 0 Å². The Bertz CT molecular complexity index is 654. The summed E-state index contributed by atoms with van der Waals surface area (Å²) in [6, 6.07) is 3.97. The molecule has 0 saturated carbocycles. The minimum absolute atomic E-state index is 0.0437. The third kappa shape index (κ3) is 3.18. The molecule has 0 unspecified atom stereocenters. The van der Waals surface area contributed by atoms with Crippen LogP contribution in [-0.4, -0.2) is 20.1 Å². The number of rotatable bonds is 5. The number of halogens is 1. The van der Waals surface area contributed by atoms with Crippen molar-refractivity contribution in [3.05, 3.63) is 47.6 Å². The largest absolute Gasteiger partial charge is 0.364 e. The van der Waals surface area contributed by atoms with Crippen LogP contribution in [0.5, 0.6) is 0 Å². The molecule has 0 amide bonds. The predicted molar refractivity (Wildman–Crippen MR) is 66.5 cm³/mol. The lowest BCUT2D eigenvalue weighted by Crippen LogP contribution is -2.26. The Labute approximate surface area is 110 Å². The predicted octanol–water partition coefficient (Wildman–Crippen LogP) is 1.64. The van der Waals surface area contributed by atoms with Gasteiger partial charge in [-0.15, -0.1) is 0 Å². The fourth-order valence-corrected chi connectivity index (χ4v) is 2.92. The van der Waals surface area contributed by atoms with Gasteiger partial charge < -0.3 is 4.52 Å². The van der Waals surface area contributed by atoms with E-state index in [1.807, 2.05) is 0 Å². The van der Waals surface area contributed by atoms with Gasteiger partial charge in [0.25, 0.3) is 0 Å². The Kier molecular flexibility index (Phi) is 3.96. The maximum absolute atomic E-state index is 13.3. The van der Waals surface area contributed by atoms with Gasteiger partial charge in [-0.1, -0.05) is 11.2 Å². The Hall–Kier alpha value is -1.73. The number of hydrogen-bond acceptors (Lipinski definition) is 4. The molecule has 2 rings (SSSR count). The molecular formula is C12H13FN2O3S. The van der Waals surface area contributed by atoms with Gasteiger partial charge in [0.05, 0.1) is 11.1 Å². The van der Waals surface area contributed by atoms with E-state index in [-0.39, 0.29) is 17.0 Å². The molecule has 1 aromatic carbocycles. The minimum atomic E-state index is -3.71. The van der Waals surface area contributed by atoms with Gasteiger partial charge in [-0.05, 0) is 25.5 Å². The van der Waals surface area contributed by atoms with E-state index in [4.69, 9.17) is 0 Å². The van der Waals surface area contributed by atoms with E-state index in [0.717, 1.165) is 5.56 Å². The quantitative estimate of drug-likeness (QED) is 0.906. The fourth-order valence-electron chi connectivity index (χ4n) is 1.64. The molecular weight excluding hydrogens is 271 g/mol.